The quantitative estimate of drug-likeness (QED) is 0.670. The first kappa shape index (κ1) is 16.1. The second-order valence-electron chi connectivity index (χ2n) is 6.69. The van der Waals surface area contributed by atoms with Crippen molar-refractivity contribution in [3.05, 3.63) is 20.8 Å². The zero-order valence-electron chi connectivity index (χ0n) is 13.9. The molecule has 2 aromatic heterocycles. The molecule has 2 heterocycles. The van der Waals surface area contributed by atoms with Crippen LogP contribution in [-0.2, 0) is 24.7 Å². The van der Waals surface area contributed by atoms with Crippen molar-refractivity contribution in [1.29, 1.82) is 0 Å². The molecule has 0 spiro atoms. The van der Waals surface area contributed by atoms with Gasteiger partial charge in [-0.3, -0.25) is 14.2 Å². The van der Waals surface area contributed by atoms with E-state index < -0.39 is 0 Å². The maximum absolute atomic E-state index is 12.8. The van der Waals surface area contributed by atoms with E-state index >= 15 is 0 Å². The molecule has 0 unspecified atom stereocenters. The molecule has 1 atom stereocenters. The number of aromatic nitrogens is 2. The standard InChI is InChI=1S/C17H21N3O2S2/c1-9(14(21)18-10-7-8-10)23-17-19-15-13(16(22)20(17)2)11-5-3-4-6-12(11)24-15/h9-10H,3-8H2,1-2H3,(H,18,21)/t9-/m1/s1. The van der Waals surface area contributed by atoms with Crippen LogP contribution in [0.15, 0.2) is 9.95 Å². The number of thioether (sulfide) groups is 1. The maximum atomic E-state index is 12.8. The zero-order valence-corrected chi connectivity index (χ0v) is 15.6. The molecule has 0 radical (unpaired) electrons. The van der Waals surface area contributed by atoms with E-state index in [9.17, 15) is 9.59 Å². The number of nitrogens with one attached hydrogen (secondary N) is 1. The number of amides is 1. The molecule has 2 aliphatic rings. The number of nitrogens with zero attached hydrogens (tertiary/aromatic N) is 2. The summed E-state index contributed by atoms with van der Waals surface area (Å²) in [4.78, 5) is 31.9. The summed E-state index contributed by atoms with van der Waals surface area (Å²) in [5.41, 5.74) is 1.24. The molecular weight excluding hydrogens is 342 g/mol. The van der Waals surface area contributed by atoms with E-state index in [2.05, 4.69) is 5.32 Å². The summed E-state index contributed by atoms with van der Waals surface area (Å²) >= 11 is 3.02. The van der Waals surface area contributed by atoms with Crippen molar-refractivity contribution in [2.45, 2.75) is 61.9 Å². The van der Waals surface area contributed by atoms with Gasteiger partial charge in [0, 0.05) is 18.0 Å². The summed E-state index contributed by atoms with van der Waals surface area (Å²) < 4.78 is 1.61. The van der Waals surface area contributed by atoms with E-state index in [0.717, 1.165) is 42.3 Å². The molecule has 0 saturated heterocycles. The highest BCUT2D eigenvalue weighted by molar-refractivity contribution is 8.00. The molecule has 2 aromatic rings. The predicted molar refractivity (Wildman–Crippen MR) is 98.0 cm³/mol. The molecule has 0 aromatic carbocycles. The molecule has 1 N–H and O–H groups in total. The number of aryl methyl sites for hydroxylation is 2. The molecule has 0 bridgehead atoms. The fourth-order valence-electron chi connectivity index (χ4n) is 3.13. The van der Waals surface area contributed by atoms with Crippen molar-refractivity contribution in [2.75, 3.05) is 0 Å². The highest BCUT2D eigenvalue weighted by Gasteiger charge is 2.27. The second-order valence-corrected chi connectivity index (χ2v) is 9.08. The summed E-state index contributed by atoms with van der Waals surface area (Å²) in [5, 5.41) is 4.19. The van der Waals surface area contributed by atoms with Gasteiger partial charge in [-0.05, 0) is 51.0 Å². The van der Waals surface area contributed by atoms with Crippen molar-refractivity contribution in [2.24, 2.45) is 7.05 Å². The normalized spacial score (nSPS) is 18.4. The van der Waals surface area contributed by atoms with Gasteiger partial charge < -0.3 is 5.32 Å². The van der Waals surface area contributed by atoms with E-state index in [-0.39, 0.29) is 16.7 Å². The Balaban J connectivity index is 1.67. The number of carbonyl (C=O) groups is 1. The van der Waals surface area contributed by atoms with Crippen LogP contribution >= 0.6 is 23.1 Å². The number of hydrogen-bond acceptors (Lipinski definition) is 5. The van der Waals surface area contributed by atoms with Crippen molar-refractivity contribution in [3.63, 3.8) is 0 Å². The number of carbonyl (C=O) groups excluding carboxylic acids is 1. The zero-order chi connectivity index (χ0) is 16.8. The Morgan fingerprint density at radius 2 is 2.12 bits per heavy atom. The van der Waals surface area contributed by atoms with Crippen molar-refractivity contribution < 1.29 is 4.79 Å². The van der Waals surface area contributed by atoms with Gasteiger partial charge in [0.2, 0.25) is 5.91 Å². The molecule has 4 rings (SSSR count). The van der Waals surface area contributed by atoms with Gasteiger partial charge in [-0.25, -0.2) is 4.98 Å². The first-order chi connectivity index (χ1) is 11.5. The minimum Gasteiger partial charge on any atom is -0.352 e. The van der Waals surface area contributed by atoms with Crippen LogP contribution in [0.25, 0.3) is 10.2 Å². The summed E-state index contributed by atoms with van der Waals surface area (Å²) in [6, 6.07) is 0.351. The molecule has 1 saturated carbocycles. The van der Waals surface area contributed by atoms with Gasteiger partial charge in [0.15, 0.2) is 5.16 Å². The van der Waals surface area contributed by atoms with E-state index in [1.54, 1.807) is 23.0 Å². The monoisotopic (exact) mass is 363 g/mol. The third-order valence-corrected chi connectivity index (χ3v) is 7.06. The number of hydrogen-bond donors (Lipinski definition) is 1. The van der Waals surface area contributed by atoms with Crippen LogP contribution in [0.2, 0.25) is 0 Å². The molecule has 128 valence electrons. The number of fused-ring (bicyclic) bond motifs is 3. The molecule has 2 aliphatic carbocycles. The Kier molecular flexibility index (Phi) is 4.16. The second kappa shape index (κ2) is 6.19. The Labute approximate surface area is 148 Å². The minimum atomic E-state index is -0.254. The lowest BCUT2D eigenvalue weighted by Crippen LogP contribution is -2.33. The van der Waals surface area contributed by atoms with Crippen LogP contribution < -0.4 is 10.9 Å². The molecule has 7 heteroatoms. The maximum Gasteiger partial charge on any atom is 0.262 e. The highest BCUT2D eigenvalue weighted by atomic mass is 32.2. The Bertz CT molecular complexity index is 867. The Morgan fingerprint density at radius 3 is 2.88 bits per heavy atom. The van der Waals surface area contributed by atoms with Crippen LogP contribution in [0.1, 0.15) is 43.0 Å². The lowest BCUT2D eigenvalue weighted by Gasteiger charge is -2.13. The minimum absolute atomic E-state index is 0.0247. The summed E-state index contributed by atoms with van der Waals surface area (Å²) in [6.45, 7) is 1.87. The van der Waals surface area contributed by atoms with Crippen LogP contribution in [0.5, 0.6) is 0 Å². The van der Waals surface area contributed by atoms with Crippen LogP contribution in [-0.4, -0.2) is 26.8 Å². The Hall–Kier alpha value is -1.34. The van der Waals surface area contributed by atoms with E-state index in [1.165, 1.54) is 28.6 Å². The lowest BCUT2D eigenvalue weighted by molar-refractivity contribution is -0.120. The number of rotatable bonds is 4. The average Bonchev–Trinajstić information content (AvgIpc) is 3.30. The van der Waals surface area contributed by atoms with Gasteiger partial charge in [-0.1, -0.05) is 11.8 Å². The lowest BCUT2D eigenvalue weighted by atomic mass is 9.97. The molecule has 24 heavy (non-hydrogen) atoms. The molecule has 0 aliphatic heterocycles. The first-order valence-corrected chi connectivity index (χ1v) is 10.2. The van der Waals surface area contributed by atoms with Gasteiger partial charge in [0.25, 0.3) is 5.56 Å². The smallest absolute Gasteiger partial charge is 0.262 e. The van der Waals surface area contributed by atoms with Crippen LogP contribution in [0.4, 0.5) is 0 Å². The van der Waals surface area contributed by atoms with Gasteiger partial charge in [0.1, 0.15) is 4.83 Å². The summed E-state index contributed by atoms with van der Waals surface area (Å²) in [6.07, 6.45) is 6.54. The van der Waals surface area contributed by atoms with Crippen LogP contribution in [0.3, 0.4) is 0 Å². The topological polar surface area (TPSA) is 64.0 Å². The molecular formula is C17H21N3O2S2. The summed E-state index contributed by atoms with van der Waals surface area (Å²) in [5.74, 6) is 0.0299. The number of thiophene rings is 1. The third kappa shape index (κ3) is 2.88. The summed E-state index contributed by atoms with van der Waals surface area (Å²) in [7, 11) is 1.76. The largest absolute Gasteiger partial charge is 0.352 e. The van der Waals surface area contributed by atoms with Crippen LogP contribution in [0, 0.1) is 0 Å². The van der Waals surface area contributed by atoms with E-state index in [1.807, 2.05) is 6.92 Å². The average molecular weight is 364 g/mol. The fourth-order valence-corrected chi connectivity index (χ4v) is 5.32. The fraction of sp³-hybridized carbons (Fsp3) is 0.588. The van der Waals surface area contributed by atoms with E-state index in [4.69, 9.17) is 4.98 Å². The first-order valence-electron chi connectivity index (χ1n) is 8.53. The molecule has 5 nitrogen and oxygen atoms in total. The van der Waals surface area contributed by atoms with Crippen molar-refractivity contribution >= 4 is 39.2 Å². The highest BCUT2D eigenvalue weighted by Crippen LogP contribution is 2.35. The van der Waals surface area contributed by atoms with Gasteiger partial charge in [-0.15, -0.1) is 11.3 Å². The van der Waals surface area contributed by atoms with Gasteiger partial charge in [0.05, 0.1) is 10.6 Å². The van der Waals surface area contributed by atoms with Crippen molar-refractivity contribution in [1.82, 2.24) is 14.9 Å². The Morgan fingerprint density at radius 1 is 1.38 bits per heavy atom. The van der Waals surface area contributed by atoms with E-state index in [0.29, 0.717) is 11.2 Å². The van der Waals surface area contributed by atoms with Gasteiger partial charge in [-0.2, -0.15) is 0 Å². The molecule has 1 fully saturated rings. The third-order valence-electron chi connectivity index (χ3n) is 4.73. The van der Waals surface area contributed by atoms with Gasteiger partial charge >= 0.3 is 0 Å². The molecule has 1 amide bonds. The van der Waals surface area contributed by atoms with Crippen molar-refractivity contribution in [3.8, 4) is 0 Å². The predicted octanol–water partition coefficient (Wildman–Crippen LogP) is 2.63. The SMILES string of the molecule is C[C@@H](Sc1nc2sc3c(c2c(=O)n1C)CCCC3)C(=O)NC1CC1.